The van der Waals surface area contributed by atoms with Gasteiger partial charge in [0, 0.05) is 12.1 Å². The van der Waals surface area contributed by atoms with Crippen molar-refractivity contribution in [2.75, 3.05) is 0 Å². The summed E-state index contributed by atoms with van der Waals surface area (Å²) in [6.45, 7) is 4.26. The molecule has 1 fully saturated rings. The zero-order valence-electron chi connectivity index (χ0n) is 10.1. The fourth-order valence-corrected chi connectivity index (χ4v) is 2.68. The van der Waals surface area contributed by atoms with Gasteiger partial charge in [0.05, 0.1) is 0 Å². The fourth-order valence-electron chi connectivity index (χ4n) is 2.68. The number of hydrogen-bond acceptors (Lipinski definition) is 2. The molecule has 2 N–H and O–H groups in total. The molecule has 0 aromatic heterocycles. The van der Waals surface area contributed by atoms with E-state index in [0.717, 1.165) is 24.8 Å². The van der Waals surface area contributed by atoms with E-state index >= 15 is 0 Å². The van der Waals surface area contributed by atoms with Gasteiger partial charge in [-0.15, -0.1) is 0 Å². The normalized spacial score (nSPS) is 29.9. The largest absolute Gasteiger partial charge is 0.384 e. The molecule has 2 rings (SSSR count). The number of rotatable bonds is 3. The summed E-state index contributed by atoms with van der Waals surface area (Å²) in [6, 6.07) is 10.6. The molecule has 16 heavy (non-hydrogen) atoms. The highest BCUT2D eigenvalue weighted by Gasteiger charge is 2.42. The fraction of sp³-hybridized carbons (Fsp3) is 0.571. The Morgan fingerprint density at radius 1 is 1.31 bits per heavy atom. The lowest BCUT2D eigenvalue weighted by atomic mass is 9.88. The van der Waals surface area contributed by atoms with E-state index in [4.69, 9.17) is 0 Å². The van der Waals surface area contributed by atoms with Crippen LogP contribution in [0.1, 0.15) is 38.7 Å². The molecule has 0 amide bonds. The van der Waals surface area contributed by atoms with E-state index in [9.17, 15) is 5.11 Å². The minimum Gasteiger partial charge on any atom is -0.384 e. The molecule has 0 saturated heterocycles. The molecule has 0 bridgehead atoms. The van der Waals surface area contributed by atoms with Crippen LogP contribution >= 0.6 is 0 Å². The average Bonchev–Trinajstić information content (AvgIpc) is 2.62. The van der Waals surface area contributed by atoms with Crippen molar-refractivity contribution < 1.29 is 5.11 Å². The lowest BCUT2D eigenvalue weighted by molar-refractivity contribution is 0.0135. The van der Waals surface area contributed by atoms with Crippen molar-refractivity contribution in [3.63, 3.8) is 0 Å². The van der Waals surface area contributed by atoms with Crippen molar-refractivity contribution in [3.05, 3.63) is 35.9 Å². The molecule has 0 radical (unpaired) electrons. The second-order valence-electron chi connectivity index (χ2n) is 5.06. The van der Waals surface area contributed by atoms with E-state index in [1.807, 2.05) is 30.3 Å². The molecule has 0 spiro atoms. The standard InChI is InChI=1S/C14H21NO/c1-11(2)15-13-9-6-10-14(13,16)12-7-4-3-5-8-12/h3-5,7-8,11,13,15-16H,6,9-10H2,1-2H3. The van der Waals surface area contributed by atoms with Crippen LogP contribution in [0.2, 0.25) is 0 Å². The summed E-state index contributed by atoms with van der Waals surface area (Å²) in [7, 11) is 0. The van der Waals surface area contributed by atoms with Crippen LogP contribution < -0.4 is 5.32 Å². The van der Waals surface area contributed by atoms with Crippen LogP contribution in [0.25, 0.3) is 0 Å². The zero-order chi connectivity index (χ0) is 11.6. The van der Waals surface area contributed by atoms with Gasteiger partial charge in [-0.25, -0.2) is 0 Å². The van der Waals surface area contributed by atoms with E-state index < -0.39 is 5.60 Å². The maximum Gasteiger partial charge on any atom is 0.105 e. The van der Waals surface area contributed by atoms with Gasteiger partial charge in [0.15, 0.2) is 0 Å². The summed E-state index contributed by atoms with van der Waals surface area (Å²) in [5, 5.41) is 14.3. The van der Waals surface area contributed by atoms with Gasteiger partial charge < -0.3 is 10.4 Å². The molecule has 0 heterocycles. The Labute approximate surface area is 97.7 Å². The van der Waals surface area contributed by atoms with Crippen LogP contribution in [0.5, 0.6) is 0 Å². The summed E-state index contributed by atoms with van der Waals surface area (Å²) in [5.41, 5.74) is 0.372. The Kier molecular flexibility index (Phi) is 3.31. The van der Waals surface area contributed by atoms with Gasteiger partial charge in [-0.3, -0.25) is 0 Å². The van der Waals surface area contributed by atoms with Gasteiger partial charge in [0.25, 0.3) is 0 Å². The van der Waals surface area contributed by atoms with E-state index in [1.165, 1.54) is 0 Å². The molecule has 88 valence electrons. The minimum absolute atomic E-state index is 0.190. The first-order valence-electron chi connectivity index (χ1n) is 6.17. The molecule has 1 aromatic carbocycles. The predicted molar refractivity (Wildman–Crippen MR) is 66.2 cm³/mol. The molecule has 1 saturated carbocycles. The Morgan fingerprint density at radius 3 is 2.62 bits per heavy atom. The molecule has 1 aliphatic carbocycles. The molecule has 0 aliphatic heterocycles. The van der Waals surface area contributed by atoms with Crippen LogP contribution in [-0.2, 0) is 5.60 Å². The smallest absolute Gasteiger partial charge is 0.105 e. The Hall–Kier alpha value is -0.860. The predicted octanol–water partition coefficient (Wildman–Crippen LogP) is 2.42. The number of nitrogens with one attached hydrogen (secondary N) is 1. The second kappa shape index (κ2) is 4.56. The van der Waals surface area contributed by atoms with Gasteiger partial charge in [0.2, 0.25) is 0 Å². The van der Waals surface area contributed by atoms with Crippen molar-refractivity contribution in [3.8, 4) is 0 Å². The van der Waals surface area contributed by atoms with Gasteiger partial charge in [-0.2, -0.15) is 0 Å². The summed E-state index contributed by atoms with van der Waals surface area (Å²) in [5.74, 6) is 0. The van der Waals surface area contributed by atoms with Gasteiger partial charge in [-0.1, -0.05) is 44.2 Å². The molecular formula is C14H21NO. The molecule has 2 unspecified atom stereocenters. The number of aliphatic hydroxyl groups is 1. The summed E-state index contributed by atoms with van der Waals surface area (Å²) >= 11 is 0. The van der Waals surface area contributed by atoms with Crippen LogP contribution in [-0.4, -0.2) is 17.2 Å². The first-order chi connectivity index (χ1) is 7.63. The third-order valence-electron chi connectivity index (χ3n) is 3.44. The Morgan fingerprint density at radius 2 is 2.00 bits per heavy atom. The highest BCUT2D eigenvalue weighted by molar-refractivity contribution is 5.26. The van der Waals surface area contributed by atoms with Crippen LogP contribution in [0.3, 0.4) is 0 Å². The minimum atomic E-state index is -0.675. The maximum atomic E-state index is 10.8. The lowest BCUT2D eigenvalue weighted by Gasteiger charge is -2.32. The van der Waals surface area contributed by atoms with E-state index in [-0.39, 0.29) is 6.04 Å². The third kappa shape index (κ3) is 2.13. The van der Waals surface area contributed by atoms with Crippen molar-refractivity contribution in [2.45, 2.75) is 50.8 Å². The summed E-state index contributed by atoms with van der Waals surface area (Å²) in [4.78, 5) is 0. The van der Waals surface area contributed by atoms with Crippen LogP contribution in [0.15, 0.2) is 30.3 Å². The highest BCUT2D eigenvalue weighted by atomic mass is 16.3. The maximum absolute atomic E-state index is 10.8. The van der Waals surface area contributed by atoms with Crippen LogP contribution in [0.4, 0.5) is 0 Å². The monoisotopic (exact) mass is 219 g/mol. The van der Waals surface area contributed by atoms with Crippen molar-refractivity contribution in [1.29, 1.82) is 0 Å². The van der Waals surface area contributed by atoms with Gasteiger partial charge >= 0.3 is 0 Å². The molecular weight excluding hydrogens is 198 g/mol. The molecule has 1 aliphatic rings. The number of hydrogen-bond donors (Lipinski definition) is 2. The van der Waals surface area contributed by atoms with Crippen molar-refractivity contribution >= 4 is 0 Å². The summed E-state index contributed by atoms with van der Waals surface area (Å²) < 4.78 is 0. The topological polar surface area (TPSA) is 32.3 Å². The first kappa shape index (κ1) is 11.6. The SMILES string of the molecule is CC(C)NC1CCCC1(O)c1ccccc1. The quantitative estimate of drug-likeness (QED) is 0.818. The Bertz CT molecular complexity index is 336. The first-order valence-corrected chi connectivity index (χ1v) is 6.17. The lowest BCUT2D eigenvalue weighted by Crippen LogP contribution is -2.47. The summed E-state index contributed by atoms with van der Waals surface area (Å²) in [6.07, 6.45) is 3.01. The van der Waals surface area contributed by atoms with E-state index in [0.29, 0.717) is 6.04 Å². The van der Waals surface area contributed by atoms with Gasteiger partial charge in [-0.05, 0) is 24.8 Å². The Balaban J connectivity index is 2.23. The highest BCUT2D eigenvalue weighted by Crippen LogP contribution is 2.38. The van der Waals surface area contributed by atoms with E-state index in [2.05, 4.69) is 19.2 Å². The molecule has 2 heteroatoms. The third-order valence-corrected chi connectivity index (χ3v) is 3.44. The molecule has 1 aromatic rings. The number of benzene rings is 1. The van der Waals surface area contributed by atoms with Crippen molar-refractivity contribution in [1.82, 2.24) is 5.32 Å². The second-order valence-corrected chi connectivity index (χ2v) is 5.06. The average molecular weight is 219 g/mol. The van der Waals surface area contributed by atoms with Gasteiger partial charge in [0.1, 0.15) is 5.60 Å². The van der Waals surface area contributed by atoms with Crippen molar-refractivity contribution in [2.24, 2.45) is 0 Å². The van der Waals surface area contributed by atoms with Crippen LogP contribution in [0, 0.1) is 0 Å². The molecule has 2 nitrogen and oxygen atoms in total. The zero-order valence-corrected chi connectivity index (χ0v) is 10.1. The van der Waals surface area contributed by atoms with E-state index in [1.54, 1.807) is 0 Å². The molecule has 2 atom stereocenters.